The van der Waals surface area contributed by atoms with Crippen LogP contribution >= 0.6 is 12.4 Å². The van der Waals surface area contributed by atoms with E-state index in [1.807, 2.05) is 0 Å². The third-order valence-electron chi connectivity index (χ3n) is 2.25. The standard InChI is InChI=1S/C8H17NO2.ClH/c1-10-6-7-3-4-9-5-8(7)11-2;/h7-9H,3-6H2,1-2H3;1H/t7-,8-;/m0./s1. The number of halogens is 1. The zero-order valence-electron chi connectivity index (χ0n) is 7.71. The van der Waals surface area contributed by atoms with Gasteiger partial charge in [0.05, 0.1) is 12.7 Å². The lowest BCUT2D eigenvalue weighted by Crippen LogP contribution is -2.43. The molecule has 0 aromatic heterocycles. The Morgan fingerprint density at radius 1 is 1.42 bits per heavy atom. The maximum absolute atomic E-state index is 5.31. The summed E-state index contributed by atoms with van der Waals surface area (Å²) in [6, 6.07) is 0. The topological polar surface area (TPSA) is 30.5 Å². The van der Waals surface area contributed by atoms with Crippen LogP contribution in [0.1, 0.15) is 6.42 Å². The minimum absolute atomic E-state index is 0. The van der Waals surface area contributed by atoms with Crippen molar-refractivity contribution >= 4 is 12.4 Å². The molecule has 1 N–H and O–H groups in total. The molecule has 1 heterocycles. The molecule has 0 saturated carbocycles. The molecule has 1 saturated heterocycles. The summed E-state index contributed by atoms with van der Waals surface area (Å²) in [5.41, 5.74) is 0. The molecule has 0 unspecified atom stereocenters. The summed E-state index contributed by atoms with van der Waals surface area (Å²) in [7, 11) is 3.51. The molecule has 0 spiro atoms. The van der Waals surface area contributed by atoms with Crippen molar-refractivity contribution < 1.29 is 9.47 Å². The van der Waals surface area contributed by atoms with E-state index in [2.05, 4.69) is 5.32 Å². The van der Waals surface area contributed by atoms with Gasteiger partial charge in [-0.15, -0.1) is 12.4 Å². The van der Waals surface area contributed by atoms with Gasteiger partial charge in [-0.1, -0.05) is 0 Å². The molecule has 0 aromatic rings. The fourth-order valence-electron chi connectivity index (χ4n) is 1.56. The Morgan fingerprint density at radius 3 is 2.75 bits per heavy atom. The van der Waals surface area contributed by atoms with Crippen molar-refractivity contribution in [3.63, 3.8) is 0 Å². The van der Waals surface area contributed by atoms with Gasteiger partial charge in [-0.3, -0.25) is 0 Å². The van der Waals surface area contributed by atoms with Crippen LogP contribution in [0.15, 0.2) is 0 Å². The number of hydrogen-bond acceptors (Lipinski definition) is 3. The van der Waals surface area contributed by atoms with Gasteiger partial charge in [-0.05, 0) is 13.0 Å². The molecule has 12 heavy (non-hydrogen) atoms. The van der Waals surface area contributed by atoms with Crippen molar-refractivity contribution in [1.29, 1.82) is 0 Å². The van der Waals surface area contributed by atoms with Crippen LogP contribution in [0.5, 0.6) is 0 Å². The van der Waals surface area contributed by atoms with Crippen molar-refractivity contribution in [3.8, 4) is 0 Å². The number of nitrogens with one attached hydrogen (secondary N) is 1. The minimum atomic E-state index is 0. The molecule has 2 atom stereocenters. The number of piperidine rings is 1. The Labute approximate surface area is 80.2 Å². The summed E-state index contributed by atoms with van der Waals surface area (Å²) in [6.45, 7) is 2.87. The van der Waals surface area contributed by atoms with Crippen molar-refractivity contribution in [2.24, 2.45) is 5.92 Å². The van der Waals surface area contributed by atoms with E-state index in [9.17, 15) is 0 Å². The molecule has 1 aliphatic rings. The van der Waals surface area contributed by atoms with Gasteiger partial charge in [0.25, 0.3) is 0 Å². The Balaban J connectivity index is 0.00000121. The van der Waals surface area contributed by atoms with Gasteiger partial charge in [-0.2, -0.15) is 0 Å². The molecule has 0 aliphatic carbocycles. The molecule has 74 valence electrons. The van der Waals surface area contributed by atoms with Crippen LogP contribution in [0.2, 0.25) is 0 Å². The number of ether oxygens (including phenoxy) is 2. The van der Waals surface area contributed by atoms with Crippen molar-refractivity contribution in [3.05, 3.63) is 0 Å². The molecule has 0 aromatic carbocycles. The molecule has 1 rings (SSSR count). The first kappa shape index (κ1) is 12.2. The predicted octanol–water partition coefficient (Wildman–Crippen LogP) is 0.679. The van der Waals surface area contributed by atoms with Gasteiger partial charge in [0, 0.05) is 26.7 Å². The molecule has 0 bridgehead atoms. The van der Waals surface area contributed by atoms with Gasteiger partial charge >= 0.3 is 0 Å². The molecule has 1 aliphatic heterocycles. The average Bonchev–Trinajstić information content (AvgIpc) is 2.06. The fraction of sp³-hybridized carbons (Fsp3) is 1.00. The SMILES string of the molecule is COC[C@@H]1CCNC[C@@H]1OC.Cl. The Morgan fingerprint density at radius 2 is 2.17 bits per heavy atom. The third-order valence-corrected chi connectivity index (χ3v) is 2.25. The van der Waals surface area contributed by atoms with Crippen LogP contribution in [0.4, 0.5) is 0 Å². The van der Waals surface area contributed by atoms with Gasteiger partial charge in [0.1, 0.15) is 0 Å². The maximum Gasteiger partial charge on any atom is 0.0746 e. The number of hydrogen-bond donors (Lipinski definition) is 1. The van der Waals surface area contributed by atoms with Gasteiger partial charge in [0.2, 0.25) is 0 Å². The minimum Gasteiger partial charge on any atom is -0.384 e. The van der Waals surface area contributed by atoms with Crippen molar-refractivity contribution in [1.82, 2.24) is 5.32 Å². The zero-order chi connectivity index (χ0) is 8.10. The van der Waals surface area contributed by atoms with Crippen LogP contribution in [-0.4, -0.2) is 40.0 Å². The highest BCUT2D eigenvalue weighted by molar-refractivity contribution is 5.85. The Hall–Kier alpha value is 0.170. The molecule has 4 heteroatoms. The first-order valence-electron chi connectivity index (χ1n) is 4.11. The largest absolute Gasteiger partial charge is 0.384 e. The lowest BCUT2D eigenvalue weighted by molar-refractivity contribution is -0.00107. The molecular weight excluding hydrogens is 178 g/mol. The second-order valence-electron chi connectivity index (χ2n) is 2.98. The second-order valence-corrected chi connectivity index (χ2v) is 2.98. The van der Waals surface area contributed by atoms with E-state index in [1.165, 1.54) is 0 Å². The van der Waals surface area contributed by atoms with Crippen LogP contribution < -0.4 is 5.32 Å². The highest BCUT2D eigenvalue weighted by Gasteiger charge is 2.23. The number of rotatable bonds is 3. The van der Waals surface area contributed by atoms with Crippen LogP contribution in [0.25, 0.3) is 0 Å². The molecular formula is C8H18ClNO2. The smallest absolute Gasteiger partial charge is 0.0746 e. The summed E-state index contributed by atoms with van der Waals surface area (Å²) in [5, 5.41) is 3.29. The molecule has 0 radical (unpaired) electrons. The monoisotopic (exact) mass is 195 g/mol. The second kappa shape index (κ2) is 6.66. The first-order chi connectivity index (χ1) is 5.38. The summed E-state index contributed by atoms with van der Waals surface area (Å²) >= 11 is 0. The Bertz CT molecular complexity index is 111. The van der Waals surface area contributed by atoms with E-state index in [-0.39, 0.29) is 12.4 Å². The molecule has 3 nitrogen and oxygen atoms in total. The summed E-state index contributed by atoms with van der Waals surface area (Å²) in [6.07, 6.45) is 1.50. The average molecular weight is 196 g/mol. The quantitative estimate of drug-likeness (QED) is 0.719. The first-order valence-corrected chi connectivity index (χ1v) is 4.11. The van der Waals surface area contributed by atoms with E-state index in [0.29, 0.717) is 12.0 Å². The zero-order valence-corrected chi connectivity index (χ0v) is 8.52. The van der Waals surface area contributed by atoms with Crippen LogP contribution in [-0.2, 0) is 9.47 Å². The highest BCUT2D eigenvalue weighted by Crippen LogP contribution is 2.14. The fourth-order valence-corrected chi connectivity index (χ4v) is 1.56. The highest BCUT2D eigenvalue weighted by atomic mass is 35.5. The third kappa shape index (κ3) is 3.27. The lowest BCUT2D eigenvalue weighted by Gasteiger charge is -2.30. The van der Waals surface area contributed by atoms with E-state index in [0.717, 1.165) is 26.1 Å². The van der Waals surface area contributed by atoms with Gasteiger partial charge in [0.15, 0.2) is 0 Å². The summed E-state index contributed by atoms with van der Waals surface area (Å²) in [5.74, 6) is 0.575. The van der Waals surface area contributed by atoms with E-state index in [4.69, 9.17) is 9.47 Å². The van der Waals surface area contributed by atoms with Crippen LogP contribution in [0.3, 0.4) is 0 Å². The van der Waals surface area contributed by atoms with E-state index < -0.39 is 0 Å². The lowest BCUT2D eigenvalue weighted by atomic mass is 9.96. The van der Waals surface area contributed by atoms with E-state index in [1.54, 1.807) is 14.2 Å². The van der Waals surface area contributed by atoms with Gasteiger partial charge < -0.3 is 14.8 Å². The number of methoxy groups -OCH3 is 2. The summed E-state index contributed by atoms with van der Waals surface area (Å²) < 4.78 is 10.4. The Kier molecular flexibility index (Phi) is 6.76. The van der Waals surface area contributed by atoms with Crippen molar-refractivity contribution in [2.45, 2.75) is 12.5 Å². The van der Waals surface area contributed by atoms with Crippen LogP contribution in [0, 0.1) is 5.92 Å². The molecule has 1 fully saturated rings. The maximum atomic E-state index is 5.31. The van der Waals surface area contributed by atoms with Crippen molar-refractivity contribution in [2.75, 3.05) is 33.9 Å². The predicted molar refractivity (Wildman–Crippen MR) is 50.9 cm³/mol. The summed E-state index contributed by atoms with van der Waals surface area (Å²) in [4.78, 5) is 0. The normalized spacial score (nSPS) is 29.5. The molecule has 0 amide bonds. The van der Waals surface area contributed by atoms with Gasteiger partial charge in [-0.25, -0.2) is 0 Å². The van der Waals surface area contributed by atoms with E-state index >= 15 is 0 Å².